The number of nitrogens with one attached hydrogen (secondary N) is 1. The van der Waals surface area contributed by atoms with Gasteiger partial charge >= 0.3 is 0 Å². The topological polar surface area (TPSA) is 28.2 Å². The maximum atomic E-state index is 6.21. The number of hydrogen-bond donors (Lipinski definition) is 1. The van der Waals surface area contributed by atoms with Gasteiger partial charge in [-0.15, -0.1) is 0 Å². The molecule has 5 heteroatoms. The average Bonchev–Trinajstić information content (AvgIpc) is 3.01. The Morgan fingerprint density at radius 2 is 1.76 bits per heavy atom. The molecular weight excluding hydrogens is 305 g/mol. The predicted octanol–water partition coefficient (Wildman–Crippen LogP) is 4.60. The lowest BCUT2D eigenvalue weighted by Crippen LogP contribution is -2.20. The first-order chi connectivity index (χ1) is 10.3. The van der Waals surface area contributed by atoms with E-state index in [9.17, 15) is 0 Å². The van der Waals surface area contributed by atoms with Crippen molar-refractivity contribution in [2.24, 2.45) is 0 Å². The minimum Gasteiger partial charge on any atom is -0.378 e. The van der Waals surface area contributed by atoms with Crippen molar-refractivity contribution in [1.82, 2.24) is 4.98 Å². The van der Waals surface area contributed by atoms with Crippen LogP contribution in [0.15, 0.2) is 36.5 Å². The molecule has 0 saturated carbocycles. The quantitative estimate of drug-likeness (QED) is 0.891. The molecule has 3 rings (SSSR count). The molecule has 1 fully saturated rings. The molecule has 0 radical (unpaired) electrons. The largest absolute Gasteiger partial charge is 0.378 e. The van der Waals surface area contributed by atoms with Gasteiger partial charge in [-0.1, -0.05) is 29.3 Å². The van der Waals surface area contributed by atoms with Gasteiger partial charge < -0.3 is 10.2 Å². The molecular formula is C16H17Cl2N3. The molecule has 1 aromatic carbocycles. The SMILES string of the molecule is Clc1cccc(Cl)c1CNc1cccnc1N1CCCC1. The lowest BCUT2D eigenvalue weighted by molar-refractivity contribution is 0.935. The highest BCUT2D eigenvalue weighted by Crippen LogP contribution is 2.29. The van der Waals surface area contributed by atoms with Crippen LogP contribution in [-0.4, -0.2) is 18.1 Å². The van der Waals surface area contributed by atoms with Gasteiger partial charge in [0.1, 0.15) is 0 Å². The Morgan fingerprint density at radius 3 is 2.48 bits per heavy atom. The van der Waals surface area contributed by atoms with Crippen LogP contribution in [0.2, 0.25) is 10.0 Å². The smallest absolute Gasteiger partial charge is 0.151 e. The summed E-state index contributed by atoms with van der Waals surface area (Å²) in [6.07, 6.45) is 4.29. The van der Waals surface area contributed by atoms with E-state index in [-0.39, 0.29) is 0 Å². The molecule has 2 aromatic rings. The molecule has 1 saturated heterocycles. The van der Waals surface area contributed by atoms with Gasteiger partial charge in [0.05, 0.1) is 5.69 Å². The summed E-state index contributed by atoms with van der Waals surface area (Å²) in [6.45, 7) is 2.72. The predicted molar refractivity (Wildman–Crippen MR) is 89.5 cm³/mol. The molecule has 1 aliphatic rings. The normalized spacial score (nSPS) is 14.5. The van der Waals surface area contributed by atoms with Crippen molar-refractivity contribution >= 4 is 34.7 Å². The third kappa shape index (κ3) is 3.25. The Kier molecular flexibility index (Phi) is 4.51. The minimum atomic E-state index is 0.588. The van der Waals surface area contributed by atoms with Crippen LogP contribution < -0.4 is 10.2 Å². The molecule has 0 aliphatic carbocycles. The molecule has 21 heavy (non-hydrogen) atoms. The Bertz CT molecular complexity index is 604. The first-order valence-electron chi connectivity index (χ1n) is 7.12. The van der Waals surface area contributed by atoms with Crippen LogP contribution in [0.3, 0.4) is 0 Å². The van der Waals surface area contributed by atoms with Gasteiger partial charge in [0.25, 0.3) is 0 Å². The van der Waals surface area contributed by atoms with Gasteiger partial charge in [0.15, 0.2) is 5.82 Å². The van der Waals surface area contributed by atoms with Crippen molar-refractivity contribution in [3.8, 4) is 0 Å². The van der Waals surface area contributed by atoms with E-state index in [0.29, 0.717) is 16.6 Å². The van der Waals surface area contributed by atoms with E-state index >= 15 is 0 Å². The Morgan fingerprint density at radius 1 is 1.05 bits per heavy atom. The highest BCUT2D eigenvalue weighted by molar-refractivity contribution is 6.36. The second kappa shape index (κ2) is 6.54. The van der Waals surface area contributed by atoms with Gasteiger partial charge in [-0.2, -0.15) is 0 Å². The fraction of sp³-hybridized carbons (Fsp3) is 0.312. The maximum Gasteiger partial charge on any atom is 0.151 e. The number of aromatic nitrogens is 1. The van der Waals surface area contributed by atoms with Crippen molar-refractivity contribution in [2.45, 2.75) is 19.4 Å². The minimum absolute atomic E-state index is 0.588. The first-order valence-corrected chi connectivity index (χ1v) is 7.88. The zero-order valence-electron chi connectivity index (χ0n) is 11.6. The summed E-state index contributed by atoms with van der Waals surface area (Å²) in [6, 6.07) is 9.56. The van der Waals surface area contributed by atoms with Crippen LogP contribution in [0.25, 0.3) is 0 Å². The van der Waals surface area contributed by atoms with Crippen LogP contribution in [0.1, 0.15) is 18.4 Å². The molecule has 2 heterocycles. The van der Waals surface area contributed by atoms with Crippen molar-refractivity contribution < 1.29 is 0 Å². The summed E-state index contributed by atoms with van der Waals surface area (Å²) in [5.41, 5.74) is 1.94. The fourth-order valence-corrected chi connectivity index (χ4v) is 3.13. The number of anilines is 2. The molecule has 0 amide bonds. The standard InChI is InChI=1S/C16H17Cl2N3/c17-13-5-3-6-14(18)12(13)11-20-15-7-4-8-19-16(15)21-9-1-2-10-21/h3-8,20H,1-2,9-11H2. The lowest BCUT2D eigenvalue weighted by atomic mass is 10.2. The highest BCUT2D eigenvalue weighted by Gasteiger charge is 2.17. The van der Waals surface area contributed by atoms with E-state index in [1.165, 1.54) is 12.8 Å². The summed E-state index contributed by atoms with van der Waals surface area (Å²) in [5, 5.41) is 4.78. The Labute approximate surface area is 134 Å². The highest BCUT2D eigenvalue weighted by atomic mass is 35.5. The second-order valence-corrected chi connectivity index (χ2v) is 5.94. The third-order valence-corrected chi connectivity index (χ3v) is 4.42. The van der Waals surface area contributed by atoms with Crippen LogP contribution in [0.5, 0.6) is 0 Å². The molecule has 1 aliphatic heterocycles. The average molecular weight is 322 g/mol. The summed E-state index contributed by atoms with van der Waals surface area (Å²) in [7, 11) is 0. The zero-order chi connectivity index (χ0) is 14.7. The molecule has 3 nitrogen and oxygen atoms in total. The molecule has 0 unspecified atom stereocenters. The van der Waals surface area contributed by atoms with Gasteiger partial charge in [-0.3, -0.25) is 0 Å². The molecule has 0 bridgehead atoms. The van der Waals surface area contributed by atoms with E-state index < -0.39 is 0 Å². The van der Waals surface area contributed by atoms with E-state index in [1.54, 1.807) is 0 Å². The van der Waals surface area contributed by atoms with Crippen LogP contribution in [0.4, 0.5) is 11.5 Å². The second-order valence-electron chi connectivity index (χ2n) is 5.12. The summed E-state index contributed by atoms with van der Waals surface area (Å²) >= 11 is 12.4. The van der Waals surface area contributed by atoms with Crippen molar-refractivity contribution in [1.29, 1.82) is 0 Å². The number of hydrogen-bond acceptors (Lipinski definition) is 3. The monoisotopic (exact) mass is 321 g/mol. The Balaban J connectivity index is 1.79. The van der Waals surface area contributed by atoms with Gasteiger partial charge in [-0.25, -0.2) is 4.98 Å². The van der Waals surface area contributed by atoms with E-state index in [1.807, 2.05) is 36.5 Å². The third-order valence-electron chi connectivity index (χ3n) is 3.71. The van der Waals surface area contributed by atoms with Crippen molar-refractivity contribution in [3.63, 3.8) is 0 Å². The van der Waals surface area contributed by atoms with Crippen molar-refractivity contribution in [2.75, 3.05) is 23.3 Å². The first kappa shape index (κ1) is 14.5. The Hall–Kier alpha value is -1.45. The maximum absolute atomic E-state index is 6.21. The number of nitrogens with zero attached hydrogens (tertiary/aromatic N) is 2. The van der Waals surface area contributed by atoms with Gasteiger partial charge in [0.2, 0.25) is 0 Å². The number of benzene rings is 1. The zero-order valence-corrected chi connectivity index (χ0v) is 13.2. The lowest BCUT2D eigenvalue weighted by Gasteiger charge is -2.20. The van der Waals surface area contributed by atoms with Crippen LogP contribution >= 0.6 is 23.2 Å². The van der Waals surface area contributed by atoms with Gasteiger partial charge in [0, 0.05) is 41.4 Å². The summed E-state index contributed by atoms with van der Waals surface area (Å²) in [4.78, 5) is 6.83. The number of pyridine rings is 1. The number of rotatable bonds is 4. The molecule has 110 valence electrons. The molecule has 0 spiro atoms. The molecule has 1 N–H and O–H groups in total. The summed E-state index contributed by atoms with van der Waals surface area (Å²) in [5.74, 6) is 1.01. The molecule has 1 aromatic heterocycles. The van der Waals surface area contributed by atoms with E-state index in [0.717, 1.165) is 30.2 Å². The van der Waals surface area contributed by atoms with Crippen molar-refractivity contribution in [3.05, 3.63) is 52.1 Å². The van der Waals surface area contributed by atoms with E-state index in [4.69, 9.17) is 23.2 Å². The van der Waals surface area contributed by atoms with Gasteiger partial charge in [-0.05, 0) is 37.1 Å². The summed E-state index contributed by atoms with van der Waals surface area (Å²) < 4.78 is 0. The van der Waals surface area contributed by atoms with Crippen LogP contribution in [0, 0.1) is 0 Å². The molecule has 0 atom stereocenters. The number of halogens is 2. The van der Waals surface area contributed by atoms with E-state index in [2.05, 4.69) is 15.2 Å². The van der Waals surface area contributed by atoms with Crippen LogP contribution in [-0.2, 0) is 6.54 Å². The fourth-order valence-electron chi connectivity index (χ4n) is 2.60.